The normalized spacial score (nSPS) is 17.7. The number of aryl methyl sites for hydroxylation is 1. The molecule has 2 heterocycles. The van der Waals surface area contributed by atoms with Crippen LogP contribution in [0.15, 0.2) is 24.3 Å². The molecule has 0 spiro atoms. The van der Waals surface area contributed by atoms with Gasteiger partial charge in [-0.05, 0) is 51.0 Å². The molecule has 2 N–H and O–H groups in total. The lowest BCUT2D eigenvalue weighted by Gasteiger charge is -2.23. The fourth-order valence-corrected chi connectivity index (χ4v) is 3.25. The van der Waals surface area contributed by atoms with Crippen molar-refractivity contribution in [1.82, 2.24) is 14.7 Å². The second-order valence-corrected chi connectivity index (χ2v) is 6.35. The molecule has 1 aromatic carbocycles. The summed E-state index contributed by atoms with van der Waals surface area (Å²) in [5, 5.41) is 5.10. The van der Waals surface area contributed by atoms with Crippen LogP contribution in [-0.2, 0) is 0 Å². The van der Waals surface area contributed by atoms with Crippen molar-refractivity contribution in [2.24, 2.45) is 5.73 Å². The fourth-order valence-electron chi connectivity index (χ4n) is 3.13. The molecule has 1 amide bonds. The van der Waals surface area contributed by atoms with Crippen LogP contribution in [0.4, 0.5) is 0 Å². The molecule has 0 aliphatic carbocycles. The summed E-state index contributed by atoms with van der Waals surface area (Å²) in [4.78, 5) is 14.5. The van der Waals surface area contributed by atoms with Gasteiger partial charge in [0, 0.05) is 24.7 Å². The Kier molecular flexibility index (Phi) is 4.41. The largest absolute Gasteiger partial charge is 0.334 e. The fraction of sp³-hybridized carbons (Fsp3) is 0.412. The van der Waals surface area contributed by atoms with Crippen molar-refractivity contribution in [2.45, 2.75) is 32.7 Å². The number of hydrogen-bond acceptors (Lipinski definition) is 3. The van der Waals surface area contributed by atoms with E-state index in [1.807, 2.05) is 43.0 Å². The van der Waals surface area contributed by atoms with Gasteiger partial charge in [-0.3, -0.25) is 4.79 Å². The Balaban J connectivity index is 1.84. The lowest BCUT2D eigenvalue weighted by Crippen LogP contribution is -2.39. The van der Waals surface area contributed by atoms with Gasteiger partial charge >= 0.3 is 0 Å². The van der Waals surface area contributed by atoms with Crippen molar-refractivity contribution in [3.8, 4) is 5.69 Å². The Bertz CT molecular complexity index is 723. The van der Waals surface area contributed by atoms with Crippen LogP contribution < -0.4 is 5.73 Å². The molecule has 1 aliphatic heterocycles. The highest BCUT2D eigenvalue weighted by Crippen LogP contribution is 2.23. The number of carbonyl (C=O) groups is 1. The molecular formula is C17H21ClN4O. The predicted octanol–water partition coefficient (Wildman–Crippen LogP) is 2.71. The van der Waals surface area contributed by atoms with Gasteiger partial charge in [-0.25, -0.2) is 4.68 Å². The van der Waals surface area contributed by atoms with E-state index in [1.54, 1.807) is 4.68 Å². The number of rotatable bonds is 3. The van der Waals surface area contributed by atoms with Crippen LogP contribution in [0.2, 0.25) is 5.02 Å². The van der Waals surface area contributed by atoms with Crippen LogP contribution in [-0.4, -0.2) is 39.7 Å². The molecule has 3 rings (SSSR count). The zero-order valence-electron chi connectivity index (χ0n) is 13.4. The number of likely N-dealkylation sites (tertiary alicyclic amines) is 1. The van der Waals surface area contributed by atoms with Crippen LogP contribution in [0, 0.1) is 13.8 Å². The Morgan fingerprint density at radius 1 is 1.35 bits per heavy atom. The van der Waals surface area contributed by atoms with Gasteiger partial charge in [-0.15, -0.1) is 0 Å². The summed E-state index contributed by atoms with van der Waals surface area (Å²) in [5.41, 5.74) is 9.02. The summed E-state index contributed by atoms with van der Waals surface area (Å²) < 4.78 is 1.80. The molecule has 122 valence electrons. The van der Waals surface area contributed by atoms with Crippen LogP contribution in [0.3, 0.4) is 0 Å². The van der Waals surface area contributed by atoms with Crippen LogP contribution in [0.1, 0.15) is 34.6 Å². The lowest BCUT2D eigenvalue weighted by atomic mass is 10.1. The Labute approximate surface area is 141 Å². The van der Waals surface area contributed by atoms with Gasteiger partial charge in [-0.2, -0.15) is 5.10 Å². The SMILES string of the molecule is Cc1nn(-c2ccc(C(=O)N3CCC[C@H]3CN)cc2)c(C)c1Cl. The first-order valence-corrected chi connectivity index (χ1v) is 8.24. The Morgan fingerprint density at radius 3 is 2.61 bits per heavy atom. The molecule has 1 aliphatic rings. The minimum absolute atomic E-state index is 0.0518. The van der Waals surface area contributed by atoms with E-state index >= 15 is 0 Å². The highest BCUT2D eigenvalue weighted by molar-refractivity contribution is 6.31. The molecule has 0 bridgehead atoms. The highest BCUT2D eigenvalue weighted by Gasteiger charge is 2.28. The topological polar surface area (TPSA) is 64.2 Å². The summed E-state index contributed by atoms with van der Waals surface area (Å²) in [6, 6.07) is 7.64. The minimum atomic E-state index is 0.0518. The van der Waals surface area contributed by atoms with Gasteiger partial charge in [0.15, 0.2) is 0 Å². The molecule has 1 saturated heterocycles. The van der Waals surface area contributed by atoms with Crippen LogP contribution in [0.25, 0.3) is 5.69 Å². The number of halogens is 1. The highest BCUT2D eigenvalue weighted by atomic mass is 35.5. The average Bonchev–Trinajstić information content (AvgIpc) is 3.15. The van der Waals surface area contributed by atoms with Gasteiger partial charge in [0.05, 0.1) is 22.1 Å². The summed E-state index contributed by atoms with van der Waals surface area (Å²) in [6.45, 7) is 5.12. The standard InChI is InChI=1S/C17H21ClN4O/c1-11-16(18)12(2)22(20-11)14-7-5-13(6-8-14)17(23)21-9-3-4-15(21)10-19/h5-8,15H,3-4,9-10,19H2,1-2H3/t15-/m0/s1. The van der Waals surface area contributed by atoms with E-state index in [0.29, 0.717) is 17.1 Å². The number of hydrogen-bond donors (Lipinski definition) is 1. The first-order chi connectivity index (χ1) is 11.0. The van der Waals surface area contributed by atoms with Crippen molar-refractivity contribution in [3.63, 3.8) is 0 Å². The number of amides is 1. The molecule has 1 atom stereocenters. The molecule has 23 heavy (non-hydrogen) atoms. The third-order valence-electron chi connectivity index (χ3n) is 4.47. The molecule has 0 saturated carbocycles. The second-order valence-electron chi connectivity index (χ2n) is 5.97. The molecule has 5 nitrogen and oxygen atoms in total. The third-order valence-corrected chi connectivity index (χ3v) is 5.02. The molecule has 0 radical (unpaired) electrons. The third kappa shape index (κ3) is 2.86. The molecule has 1 aromatic heterocycles. The molecule has 0 unspecified atom stereocenters. The monoisotopic (exact) mass is 332 g/mol. The van der Waals surface area contributed by atoms with Gasteiger partial charge in [0.1, 0.15) is 0 Å². The van der Waals surface area contributed by atoms with Gasteiger partial charge in [-0.1, -0.05) is 11.6 Å². The smallest absolute Gasteiger partial charge is 0.254 e. The van der Waals surface area contributed by atoms with Gasteiger partial charge in [0.25, 0.3) is 5.91 Å². The van der Waals surface area contributed by atoms with E-state index in [9.17, 15) is 4.79 Å². The first-order valence-electron chi connectivity index (χ1n) is 7.86. The number of carbonyl (C=O) groups excluding carboxylic acids is 1. The van der Waals surface area contributed by atoms with Gasteiger partial charge in [0.2, 0.25) is 0 Å². The van der Waals surface area contributed by atoms with Crippen molar-refractivity contribution < 1.29 is 4.79 Å². The molecular weight excluding hydrogens is 312 g/mol. The van der Waals surface area contributed by atoms with Crippen molar-refractivity contribution in [1.29, 1.82) is 0 Å². The Hall–Kier alpha value is -1.85. The minimum Gasteiger partial charge on any atom is -0.334 e. The zero-order chi connectivity index (χ0) is 16.6. The van der Waals surface area contributed by atoms with E-state index in [2.05, 4.69) is 5.10 Å². The average molecular weight is 333 g/mol. The zero-order valence-corrected chi connectivity index (χ0v) is 14.2. The molecule has 1 fully saturated rings. The maximum atomic E-state index is 12.6. The number of nitrogens with zero attached hydrogens (tertiary/aromatic N) is 3. The maximum absolute atomic E-state index is 12.6. The molecule has 6 heteroatoms. The Morgan fingerprint density at radius 2 is 2.04 bits per heavy atom. The lowest BCUT2D eigenvalue weighted by molar-refractivity contribution is 0.0741. The van der Waals surface area contributed by atoms with Crippen LogP contribution >= 0.6 is 11.6 Å². The van der Waals surface area contributed by atoms with E-state index in [-0.39, 0.29) is 11.9 Å². The van der Waals surface area contributed by atoms with Crippen molar-refractivity contribution in [2.75, 3.05) is 13.1 Å². The second kappa shape index (κ2) is 6.34. The predicted molar refractivity (Wildman–Crippen MR) is 91.2 cm³/mol. The summed E-state index contributed by atoms with van der Waals surface area (Å²) in [5.74, 6) is 0.0518. The number of aromatic nitrogens is 2. The number of nitrogens with two attached hydrogens (primary N) is 1. The quantitative estimate of drug-likeness (QED) is 0.940. The van der Waals surface area contributed by atoms with Crippen LogP contribution in [0.5, 0.6) is 0 Å². The molecule has 2 aromatic rings. The van der Waals surface area contributed by atoms with E-state index in [4.69, 9.17) is 17.3 Å². The van der Waals surface area contributed by atoms with Crippen molar-refractivity contribution in [3.05, 3.63) is 46.2 Å². The summed E-state index contributed by atoms with van der Waals surface area (Å²) >= 11 is 6.19. The summed E-state index contributed by atoms with van der Waals surface area (Å²) in [7, 11) is 0. The summed E-state index contributed by atoms with van der Waals surface area (Å²) in [6.07, 6.45) is 2.01. The van der Waals surface area contributed by atoms with Crippen molar-refractivity contribution >= 4 is 17.5 Å². The van der Waals surface area contributed by atoms with E-state index in [1.165, 1.54) is 0 Å². The van der Waals surface area contributed by atoms with E-state index in [0.717, 1.165) is 36.5 Å². The number of benzene rings is 1. The van der Waals surface area contributed by atoms with Gasteiger partial charge < -0.3 is 10.6 Å². The maximum Gasteiger partial charge on any atom is 0.254 e. The first kappa shape index (κ1) is 16.0. The van der Waals surface area contributed by atoms with E-state index < -0.39 is 0 Å².